The second-order valence-electron chi connectivity index (χ2n) is 5.74. The van der Waals surface area contributed by atoms with Gasteiger partial charge in [-0.25, -0.2) is 4.79 Å². The van der Waals surface area contributed by atoms with E-state index in [1.165, 1.54) is 26.0 Å². The highest BCUT2D eigenvalue weighted by atomic mass is 35.5. The molecule has 148 valence electrons. The Balaban J connectivity index is 1.86. The smallest absolute Gasteiger partial charge is 0.344 e. The van der Waals surface area contributed by atoms with E-state index in [2.05, 4.69) is 5.32 Å². The Kier molecular flexibility index (Phi) is 7.69. The van der Waals surface area contributed by atoms with Crippen molar-refractivity contribution in [2.45, 2.75) is 20.0 Å². The third-order valence-corrected chi connectivity index (χ3v) is 4.57. The SMILES string of the molecule is CC(=O)c1ccc(NC(=O)C(C)OC(=O)COc2cc(Cl)c(Cl)cc2Cl)cc1. The summed E-state index contributed by atoms with van der Waals surface area (Å²) in [5.74, 6) is -1.22. The monoisotopic (exact) mass is 443 g/mol. The molecular weight excluding hydrogens is 429 g/mol. The van der Waals surface area contributed by atoms with Crippen LogP contribution in [0.15, 0.2) is 36.4 Å². The molecule has 0 heterocycles. The van der Waals surface area contributed by atoms with Crippen molar-refractivity contribution in [2.24, 2.45) is 0 Å². The third kappa shape index (κ3) is 6.12. The number of carbonyl (C=O) groups is 3. The van der Waals surface area contributed by atoms with Crippen molar-refractivity contribution in [1.82, 2.24) is 0 Å². The molecule has 1 N–H and O–H groups in total. The van der Waals surface area contributed by atoms with E-state index < -0.39 is 24.6 Å². The second kappa shape index (κ2) is 9.78. The molecule has 0 aromatic heterocycles. The summed E-state index contributed by atoms with van der Waals surface area (Å²) < 4.78 is 10.3. The molecule has 6 nitrogen and oxygen atoms in total. The van der Waals surface area contributed by atoms with E-state index in [-0.39, 0.29) is 26.6 Å². The van der Waals surface area contributed by atoms with Crippen LogP contribution in [0.4, 0.5) is 5.69 Å². The molecule has 1 unspecified atom stereocenters. The minimum Gasteiger partial charge on any atom is -0.480 e. The largest absolute Gasteiger partial charge is 0.480 e. The van der Waals surface area contributed by atoms with Crippen LogP contribution in [0.1, 0.15) is 24.2 Å². The van der Waals surface area contributed by atoms with Gasteiger partial charge in [-0.2, -0.15) is 0 Å². The molecule has 0 saturated carbocycles. The van der Waals surface area contributed by atoms with Gasteiger partial charge in [0.2, 0.25) is 0 Å². The lowest BCUT2D eigenvalue weighted by Gasteiger charge is -2.14. The highest BCUT2D eigenvalue weighted by Crippen LogP contribution is 2.33. The van der Waals surface area contributed by atoms with E-state index in [4.69, 9.17) is 44.3 Å². The number of amides is 1. The van der Waals surface area contributed by atoms with Crippen LogP contribution in [0.2, 0.25) is 15.1 Å². The maximum absolute atomic E-state index is 12.1. The van der Waals surface area contributed by atoms with Crippen molar-refractivity contribution in [3.8, 4) is 5.75 Å². The topological polar surface area (TPSA) is 81.7 Å². The predicted octanol–water partition coefficient (Wildman–Crippen LogP) is 4.80. The zero-order valence-corrected chi connectivity index (χ0v) is 17.2. The average molecular weight is 445 g/mol. The molecule has 2 aromatic carbocycles. The van der Waals surface area contributed by atoms with E-state index in [0.29, 0.717) is 11.3 Å². The minimum atomic E-state index is -1.06. The normalized spacial score (nSPS) is 11.5. The van der Waals surface area contributed by atoms with E-state index in [0.717, 1.165) is 0 Å². The molecule has 1 amide bonds. The van der Waals surface area contributed by atoms with Gasteiger partial charge in [-0.05, 0) is 44.2 Å². The van der Waals surface area contributed by atoms with Gasteiger partial charge in [-0.3, -0.25) is 9.59 Å². The first-order valence-electron chi connectivity index (χ1n) is 8.06. The Morgan fingerprint density at radius 3 is 2.21 bits per heavy atom. The van der Waals surface area contributed by atoms with Crippen LogP contribution in [0.25, 0.3) is 0 Å². The summed E-state index contributed by atoms with van der Waals surface area (Å²) in [5.41, 5.74) is 0.993. The number of hydrogen-bond donors (Lipinski definition) is 1. The molecule has 0 spiro atoms. The van der Waals surface area contributed by atoms with E-state index in [9.17, 15) is 14.4 Å². The summed E-state index contributed by atoms with van der Waals surface area (Å²) in [6, 6.07) is 9.10. The molecular formula is C19H16Cl3NO5. The number of hydrogen-bond acceptors (Lipinski definition) is 5. The summed E-state index contributed by atoms with van der Waals surface area (Å²) in [6.07, 6.45) is -1.06. The van der Waals surface area contributed by atoms with Crippen molar-refractivity contribution in [2.75, 3.05) is 11.9 Å². The summed E-state index contributed by atoms with van der Waals surface area (Å²) in [5, 5.41) is 3.24. The number of rotatable bonds is 7. The van der Waals surface area contributed by atoms with Crippen LogP contribution in [0.3, 0.4) is 0 Å². The fourth-order valence-electron chi connectivity index (χ4n) is 2.07. The highest BCUT2D eigenvalue weighted by Gasteiger charge is 2.19. The fraction of sp³-hybridized carbons (Fsp3) is 0.211. The summed E-state index contributed by atoms with van der Waals surface area (Å²) in [6.45, 7) is 2.40. The number of ether oxygens (including phenoxy) is 2. The minimum absolute atomic E-state index is 0.0812. The molecule has 0 saturated heterocycles. The van der Waals surface area contributed by atoms with E-state index in [1.54, 1.807) is 24.3 Å². The van der Waals surface area contributed by atoms with Crippen molar-refractivity contribution < 1.29 is 23.9 Å². The Labute approximate surface area is 176 Å². The summed E-state index contributed by atoms with van der Waals surface area (Å²) >= 11 is 17.6. The Morgan fingerprint density at radius 1 is 1.00 bits per heavy atom. The maximum atomic E-state index is 12.1. The van der Waals surface area contributed by atoms with E-state index in [1.807, 2.05) is 0 Å². The number of ketones is 1. The van der Waals surface area contributed by atoms with Crippen LogP contribution in [0.5, 0.6) is 5.75 Å². The molecule has 0 aliphatic heterocycles. The van der Waals surface area contributed by atoms with Crippen LogP contribution in [-0.2, 0) is 14.3 Å². The van der Waals surface area contributed by atoms with Crippen molar-refractivity contribution >= 4 is 58.1 Å². The van der Waals surface area contributed by atoms with Gasteiger partial charge in [0.1, 0.15) is 5.75 Å². The molecule has 1 atom stereocenters. The van der Waals surface area contributed by atoms with Gasteiger partial charge < -0.3 is 14.8 Å². The first-order chi connectivity index (χ1) is 13.2. The second-order valence-corrected chi connectivity index (χ2v) is 6.96. The molecule has 0 bridgehead atoms. The number of carbonyl (C=O) groups excluding carboxylic acids is 3. The predicted molar refractivity (Wildman–Crippen MR) is 108 cm³/mol. The fourth-order valence-corrected chi connectivity index (χ4v) is 2.66. The molecule has 9 heteroatoms. The van der Waals surface area contributed by atoms with E-state index >= 15 is 0 Å². The van der Waals surface area contributed by atoms with Crippen molar-refractivity contribution in [1.29, 1.82) is 0 Å². The molecule has 0 aliphatic rings. The molecule has 2 aromatic rings. The number of esters is 1. The lowest BCUT2D eigenvalue weighted by molar-refractivity contribution is -0.155. The average Bonchev–Trinajstić information content (AvgIpc) is 2.64. The number of Topliss-reactive ketones (excluding diaryl/α,β-unsaturated/α-hetero) is 1. The van der Waals surface area contributed by atoms with Gasteiger partial charge in [-0.1, -0.05) is 34.8 Å². The zero-order valence-electron chi connectivity index (χ0n) is 14.9. The Hall–Kier alpha value is -2.28. The van der Waals surface area contributed by atoms with Gasteiger partial charge in [0.05, 0.1) is 15.1 Å². The molecule has 0 fully saturated rings. The quantitative estimate of drug-likeness (QED) is 0.377. The van der Waals surface area contributed by atoms with Crippen LogP contribution in [0, 0.1) is 0 Å². The van der Waals surface area contributed by atoms with Crippen LogP contribution in [-0.4, -0.2) is 30.4 Å². The molecule has 2 rings (SSSR count). The van der Waals surface area contributed by atoms with Gasteiger partial charge in [0.15, 0.2) is 18.5 Å². The van der Waals surface area contributed by atoms with Crippen LogP contribution >= 0.6 is 34.8 Å². The maximum Gasteiger partial charge on any atom is 0.344 e. The first-order valence-corrected chi connectivity index (χ1v) is 9.19. The Morgan fingerprint density at radius 2 is 1.61 bits per heavy atom. The molecule has 0 radical (unpaired) electrons. The highest BCUT2D eigenvalue weighted by molar-refractivity contribution is 6.43. The summed E-state index contributed by atoms with van der Waals surface area (Å²) in [7, 11) is 0. The Bertz CT molecular complexity index is 899. The summed E-state index contributed by atoms with van der Waals surface area (Å²) in [4.78, 5) is 35.3. The number of benzene rings is 2. The number of halogens is 3. The van der Waals surface area contributed by atoms with Gasteiger partial charge >= 0.3 is 5.97 Å². The lowest BCUT2D eigenvalue weighted by atomic mass is 10.1. The standard InChI is InChI=1S/C19H16Cl3NO5/c1-10(24)12-3-5-13(6-4-12)23-19(26)11(2)28-18(25)9-27-17-8-15(21)14(20)7-16(17)22/h3-8,11H,9H2,1-2H3,(H,23,26). The van der Waals surface area contributed by atoms with Crippen molar-refractivity contribution in [3.05, 3.63) is 57.0 Å². The van der Waals surface area contributed by atoms with Gasteiger partial charge in [0.25, 0.3) is 5.91 Å². The molecule has 28 heavy (non-hydrogen) atoms. The number of anilines is 1. The van der Waals surface area contributed by atoms with Gasteiger partial charge in [0, 0.05) is 17.3 Å². The van der Waals surface area contributed by atoms with Crippen LogP contribution < -0.4 is 10.1 Å². The number of nitrogens with one attached hydrogen (secondary N) is 1. The van der Waals surface area contributed by atoms with Gasteiger partial charge in [-0.15, -0.1) is 0 Å². The third-order valence-electron chi connectivity index (χ3n) is 3.56. The molecule has 0 aliphatic carbocycles. The lowest BCUT2D eigenvalue weighted by Crippen LogP contribution is -2.31. The van der Waals surface area contributed by atoms with Crippen molar-refractivity contribution in [3.63, 3.8) is 0 Å². The first kappa shape index (κ1) is 22.0. The zero-order chi connectivity index (χ0) is 20.8.